The number of amides is 1. The average Bonchev–Trinajstić information content (AvgIpc) is 3.63. The maximum absolute atomic E-state index is 13.4. The van der Waals surface area contributed by atoms with Crippen molar-refractivity contribution in [3.8, 4) is 0 Å². The molecule has 3 aliphatic heterocycles. The molecule has 70 heavy (non-hydrogen) atoms. The molecule has 3 aromatic carbocycles. The van der Waals surface area contributed by atoms with Crippen LogP contribution in [-0.4, -0.2) is 118 Å². The maximum atomic E-state index is 13.4. The Labute approximate surface area is 484 Å². The minimum atomic E-state index is -4.74. The van der Waals surface area contributed by atoms with Crippen molar-refractivity contribution in [2.45, 2.75) is 88.4 Å². The van der Waals surface area contributed by atoms with Crippen molar-refractivity contribution in [3.05, 3.63) is 132 Å². The van der Waals surface area contributed by atoms with Gasteiger partial charge in [-0.3, -0.25) is 9.69 Å². The number of piperazine rings is 1. The van der Waals surface area contributed by atoms with Gasteiger partial charge in [-0.25, -0.2) is 21.4 Å². The third-order valence-electron chi connectivity index (χ3n) is 13.8. The molecule has 0 aromatic heterocycles. The van der Waals surface area contributed by atoms with Crippen molar-refractivity contribution in [3.63, 3.8) is 0 Å². The van der Waals surface area contributed by atoms with E-state index in [-0.39, 0.29) is 111 Å². The summed E-state index contributed by atoms with van der Waals surface area (Å²) in [5.41, 5.74) is 9.61. The van der Waals surface area contributed by atoms with Crippen LogP contribution in [0.15, 0.2) is 112 Å². The Morgan fingerprint density at radius 3 is 2.24 bits per heavy atom. The van der Waals surface area contributed by atoms with Crippen LogP contribution in [0, 0.1) is 13.0 Å². The Bertz CT molecular complexity index is 2750. The SMILES string of the molecule is [CH2-]CCC[N+]1=C(/C=C/C2=C(Nc3ccc(N(C)C(=O)CN4CCN(C)CC4)cc3)C(=C/C=C3/N(CCCCS(=O)(=O)[O-])c4ccc(S(=O)(=O)[O-])cc4C3(C)C)/CCC2)C(C)(C)c2c[c-]ccc21.[Na+].[Na+].[Na+]. The molecule has 0 atom stereocenters. The number of anilines is 3. The van der Waals surface area contributed by atoms with Crippen molar-refractivity contribution in [2.75, 3.05) is 80.8 Å². The number of unbranched alkanes of at least 4 members (excludes halogenated alkanes) is 2. The number of hydrogen-bond acceptors (Lipinski definition) is 11. The zero-order valence-electron chi connectivity index (χ0n) is 42.8. The number of hydrogen-bond donors (Lipinski definition) is 1. The number of likely N-dealkylation sites (N-methyl/N-ethyl adjacent to an activating group) is 2. The number of benzene rings is 3. The summed E-state index contributed by atoms with van der Waals surface area (Å²) in [4.78, 5) is 21.3. The van der Waals surface area contributed by atoms with Crippen molar-refractivity contribution in [2.24, 2.45) is 0 Å². The van der Waals surface area contributed by atoms with E-state index in [0.717, 1.165) is 104 Å². The topological polar surface area (TPSA) is 159 Å². The zero-order chi connectivity index (χ0) is 48.3. The first kappa shape index (κ1) is 60.7. The summed E-state index contributed by atoms with van der Waals surface area (Å²) in [6, 6.07) is 21.8. The smallest absolute Gasteiger partial charge is 0.748 e. The molecule has 18 heteroatoms. The fourth-order valence-electron chi connectivity index (χ4n) is 9.81. The first-order chi connectivity index (χ1) is 31.7. The van der Waals surface area contributed by atoms with Crippen LogP contribution in [0.1, 0.15) is 83.8 Å². The molecule has 1 fully saturated rings. The van der Waals surface area contributed by atoms with E-state index in [1.54, 1.807) is 11.0 Å². The second-order valence-corrected chi connectivity index (χ2v) is 22.1. The molecule has 3 heterocycles. The number of nitrogens with zero attached hydrogens (tertiary/aromatic N) is 5. The zero-order valence-corrected chi connectivity index (χ0v) is 50.4. The van der Waals surface area contributed by atoms with Gasteiger partial charge < -0.3 is 36.0 Å². The molecule has 0 saturated carbocycles. The first-order valence-corrected chi connectivity index (χ1v) is 26.3. The molecule has 4 aliphatic rings. The molecule has 0 radical (unpaired) electrons. The summed E-state index contributed by atoms with van der Waals surface area (Å²) in [6.45, 7) is 17.8. The van der Waals surface area contributed by atoms with Gasteiger partial charge in [0.2, 0.25) is 5.91 Å². The molecule has 1 aliphatic carbocycles. The number of rotatable bonds is 17. The van der Waals surface area contributed by atoms with Crippen LogP contribution in [-0.2, 0) is 35.9 Å². The van der Waals surface area contributed by atoms with E-state index >= 15 is 0 Å². The van der Waals surface area contributed by atoms with Gasteiger partial charge in [0.25, 0.3) is 0 Å². The van der Waals surface area contributed by atoms with Gasteiger partial charge in [0.05, 0.1) is 21.6 Å². The van der Waals surface area contributed by atoms with Gasteiger partial charge in [-0.2, -0.15) is 24.6 Å². The average molecular weight is 1020 g/mol. The third kappa shape index (κ3) is 14.3. The summed E-state index contributed by atoms with van der Waals surface area (Å²) in [5, 5.41) is 3.79. The molecule has 3 aromatic rings. The second-order valence-electron chi connectivity index (χ2n) is 19.2. The number of allylic oxidation sites excluding steroid dienone is 7. The summed E-state index contributed by atoms with van der Waals surface area (Å²) < 4.78 is 73.5. The van der Waals surface area contributed by atoms with E-state index in [9.17, 15) is 30.7 Å². The Balaban J connectivity index is 0.00000355. The molecule has 1 saturated heterocycles. The van der Waals surface area contributed by atoms with Crippen LogP contribution in [0.5, 0.6) is 0 Å². The number of carbonyl (C=O) groups excluding carboxylic acids is 1. The monoisotopic (exact) mass is 1020 g/mol. The van der Waals surface area contributed by atoms with Crippen LogP contribution in [0.4, 0.5) is 22.7 Å². The number of fused-ring (bicyclic) bond motifs is 2. The van der Waals surface area contributed by atoms with Crippen LogP contribution < -0.4 is 104 Å². The van der Waals surface area contributed by atoms with Gasteiger partial charge in [0.1, 0.15) is 22.4 Å². The predicted molar refractivity (Wildman–Crippen MR) is 265 cm³/mol. The fourth-order valence-corrected chi connectivity index (χ4v) is 10.9. The summed E-state index contributed by atoms with van der Waals surface area (Å²) in [7, 11) is -5.22. The third-order valence-corrected chi connectivity index (χ3v) is 15.4. The van der Waals surface area contributed by atoms with Crippen molar-refractivity contribution >= 4 is 54.6 Å². The largest absolute Gasteiger partial charge is 1.00 e. The van der Waals surface area contributed by atoms with E-state index in [0.29, 0.717) is 25.1 Å². The first-order valence-electron chi connectivity index (χ1n) is 23.3. The molecule has 1 amide bonds. The van der Waals surface area contributed by atoms with Gasteiger partial charge in [-0.15, -0.1) is 6.07 Å². The van der Waals surface area contributed by atoms with Gasteiger partial charge in [0, 0.05) is 90.9 Å². The Morgan fingerprint density at radius 1 is 0.886 bits per heavy atom. The second kappa shape index (κ2) is 25.6. The molecule has 1 N–H and O–H groups in total. The molecule has 7 rings (SSSR count). The van der Waals surface area contributed by atoms with E-state index in [1.165, 1.54) is 29.1 Å². The standard InChI is InChI=1S/C52H66N6O7S2.3Na/c1-8-9-29-57-45-18-11-10-17-43(45)51(2,3)47(57)27-19-38-15-14-16-39(50(38)53-40-21-23-41(24-22-40)55(7)49(59)37-56-33-31-54(6)32-34-56)20-28-48-52(4,5)44-36-42(67(63,64)65)25-26-46(44)58(48)30-12-13-35-66(60,61)62;;;/h11,17-28,36H,1,8-9,12-16,29-35,37H2,2-7H3,(H2,60,61,62,63,64,65);;;/q-2;3*+1/p-1/b39-20+,48-28+;;;. The minimum Gasteiger partial charge on any atom is -0.748 e. The van der Waals surface area contributed by atoms with Crippen LogP contribution in [0.25, 0.3) is 0 Å². The Kier molecular flexibility index (Phi) is 22.1. The quantitative estimate of drug-likeness (QED) is 0.0561. The predicted octanol–water partition coefficient (Wildman–Crippen LogP) is -1.36. The van der Waals surface area contributed by atoms with Gasteiger partial charge in [-0.1, -0.05) is 45.4 Å². The van der Waals surface area contributed by atoms with E-state index in [4.69, 9.17) is 0 Å². The van der Waals surface area contributed by atoms with E-state index in [1.807, 2.05) is 62.2 Å². The summed E-state index contributed by atoms with van der Waals surface area (Å²) in [6.07, 6.45) is 13.4. The van der Waals surface area contributed by atoms with E-state index < -0.39 is 31.4 Å². The van der Waals surface area contributed by atoms with E-state index in [2.05, 4.69) is 83.9 Å². The fraction of sp³-hybridized carbons (Fsp3) is 0.442. The molecular weight excluding hydrogens is 954 g/mol. The summed E-state index contributed by atoms with van der Waals surface area (Å²) in [5.74, 6) is -0.447. The maximum Gasteiger partial charge on any atom is 1.00 e. The Morgan fingerprint density at radius 2 is 1.59 bits per heavy atom. The number of nitrogens with one attached hydrogen (secondary N) is 1. The molecule has 0 unspecified atom stereocenters. The normalized spacial score (nSPS) is 19.2. The summed E-state index contributed by atoms with van der Waals surface area (Å²) >= 11 is 0. The molecular formula is C52H65N6Na3O7S2. The van der Waals surface area contributed by atoms with Gasteiger partial charge >= 0.3 is 88.7 Å². The molecule has 360 valence electrons. The molecule has 0 spiro atoms. The molecule has 13 nitrogen and oxygen atoms in total. The molecule has 0 bridgehead atoms. The van der Waals surface area contributed by atoms with Crippen molar-refractivity contribution in [1.29, 1.82) is 0 Å². The van der Waals surface area contributed by atoms with Crippen LogP contribution in [0.3, 0.4) is 0 Å². The van der Waals surface area contributed by atoms with Crippen molar-refractivity contribution < 1.29 is 124 Å². The Hall–Kier alpha value is -1.90. The van der Waals surface area contributed by atoms with Gasteiger partial charge in [-0.05, 0) is 111 Å². The van der Waals surface area contributed by atoms with Crippen LogP contribution in [0.2, 0.25) is 0 Å². The number of carbonyl (C=O) groups is 1. The van der Waals surface area contributed by atoms with Crippen molar-refractivity contribution in [1.82, 2.24) is 9.80 Å². The van der Waals surface area contributed by atoms with Crippen LogP contribution >= 0.6 is 0 Å². The minimum absolute atomic E-state index is 0. The van der Waals surface area contributed by atoms with Gasteiger partial charge in [0.15, 0.2) is 5.71 Å².